The molecule has 1 aromatic carbocycles. The Kier molecular flexibility index (Phi) is 2.46. The third kappa shape index (κ3) is 1.40. The second-order valence-electron chi connectivity index (χ2n) is 4.12. The lowest BCUT2D eigenvalue weighted by molar-refractivity contribution is 0.729. The molecule has 0 spiro atoms. The molecule has 14 heavy (non-hydrogen) atoms. The number of nitrogens with two attached hydrogens (primary N) is 1. The standard InChI is InChI=1S/C12H18N2/c1-9-8-11-10(6-7-13)4-3-5-12(11)14(9)2/h3-5,9H,6-8,13H2,1-2H3. The summed E-state index contributed by atoms with van der Waals surface area (Å²) < 4.78 is 0. The quantitative estimate of drug-likeness (QED) is 0.767. The van der Waals surface area contributed by atoms with E-state index < -0.39 is 0 Å². The molecule has 0 fully saturated rings. The average Bonchev–Trinajstić information content (AvgIpc) is 2.46. The highest BCUT2D eigenvalue weighted by Crippen LogP contribution is 2.33. The minimum absolute atomic E-state index is 0.629. The predicted molar refractivity (Wildman–Crippen MR) is 60.8 cm³/mol. The third-order valence-corrected chi connectivity index (χ3v) is 3.20. The van der Waals surface area contributed by atoms with Crippen molar-refractivity contribution in [1.82, 2.24) is 0 Å². The molecule has 0 saturated carbocycles. The summed E-state index contributed by atoms with van der Waals surface area (Å²) in [6.45, 7) is 3.01. The molecule has 0 amide bonds. The second-order valence-corrected chi connectivity index (χ2v) is 4.12. The van der Waals surface area contributed by atoms with Gasteiger partial charge in [-0.15, -0.1) is 0 Å². The fraction of sp³-hybridized carbons (Fsp3) is 0.500. The molecule has 2 N–H and O–H groups in total. The summed E-state index contributed by atoms with van der Waals surface area (Å²) in [7, 11) is 2.17. The number of rotatable bonds is 2. The maximum atomic E-state index is 5.61. The Labute approximate surface area is 85.7 Å². The minimum Gasteiger partial charge on any atom is -0.371 e. The van der Waals surface area contributed by atoms with Crippen LogP contribution in [-0.2, 0) is 12.8 Å². The van der Waals surface area contributed by atoms with E-state index >= 15 is 0 Å². The van der Waals surface area contributed by atoms with E-state index in [0.29, 0.717) is 6.04 Å². The predicted octanol–water partition coefficient (Wildman–Crippen LogP) is 1.57. The monoisotopic (exact) mass is 190 g/mol. The molecule has 2 nitrogen and oxygen atoms in total. The second kappa shape index (κ2) is 3.62. The van der Waals surface area contributed by atoms with Crippen LogP contribution < -0.4 is 10.6 Å². The molecule has 76 valence electrons. The SMILES string of the molecule is CC1Cc2c(CCN)cccc2N1C. The van der Waals surface area contributed by atoms with Crippen LogP contribution >= 0.6 is 0 Å². The van der Waals surface area contributed by atoms with E-state index in [1.54, 1.807) is 0 Å². The maximum Gasteiger partial charge on any atom is 0.0402 e. The summed E-state index contributed by atoms with van der Waals surface area (Å²) in [6, 6.07) is 7.18. The van der Waals surface area contributed by atoms with E-state index in [1.807, 2.05) is 0 Å². The first-order valence-electron chi connectivity index (χ1n) is 5.27. The molecule has 1 atom stereocenters. The van der Waals surface area contributed by atoms with E-state index in [0.717, 1.165) is 13.0 Å². The highest BCUT2D eigenvalue weighted by atomic mass is 15.1. The Balaban J connectivity index is 2.40. The summed E-state index contributed by atoms with van der Waals surface area (Å²) in [5, 5.41) is 0. The van der Waals surface area contributed by atoms with Crippen LogP contribution in [0, 0.1) is 0 Å². The highest BCUT2D eigenvalue weighted by molar-refractivity contribution is 5.61. The Morgan fingerprint density at radius 3 is 3.00 bits per heavy atom. The minimum atomic E-state index is 0.629. The van der Waals surface area contributed by atoms with Crippen molar-refractivity contribution >= 4 is 5.69 Å². The van der Waals surface area contributed by atoms with Crippen molar-refractivity contribution in [2.45, 2.75) is 25.8 Å². The molecule has 1 unspecified atom stereocenters. The average molecular weight is 190 g/mol. The lowest BCUT2D eigenvalue weighted by atomic mass is 10.0. The highest BCUT2D eigenvalue weighted by Gasteiger charge is 2.24. The Hall–Kier alpha value is -1.02. The van der Waals surface area contributed by atoms with E-state index in [4.69, 9.17) is 5.73 Å². The van der Waals surface area contributed by atoms with Gasteiger partial charge in [-0.2, -0.15) is 0 Å². The van der Waals surface area contributed by atoms with Gasteiger partial charge in [-0.1, -0.05) is 12.1 Å². The lowest BCUT2D eigenvalue weighted by Crippen LogP contribution is -2.23. The van der Waals surface area contributed by atoms with Gasteiger partial charge in [0.1, 0.15) is 0 Å². The van der Waals surface area contributed by atoms with Crippen molar-refractivity contribution in [2.75, 3.05) is 18.5 Å². The smallest absolute Gasteiger partial charge is 0.0402 e. The summed E-state index contributed by atoms with van der Waals surface area (Å²) in [4.78, 5) is 2.36. The van der Waals surface area contributed by atoms with Crippen LogP contribution in [0.3, 0.4) is 0 Å². The van der Waals surface area contributed by atoms with Crippen molar-refractivity contribution in [1.29, 1.82) is 0 Å². The molecule has 1 aliphatic rings. The number of fused-ring (bicyclic) bond motifs is 1. The van der Waals surface area contributed by atoms with E-state index in [-0.39, 0.29) is 0 Å². The molecule has 1 aliphatic heterocycles. The van der Waals surface area contributed by atoms with Crippen molar-refractivity contribution in [3.8, 4) is 0 Å². The Morgan fingerprint density at radius 1 is 1.50 bits per heavy atom. The molecular weight excluding hydrogens is 172 g/mol. The first-order valence-corrected chi connectivity index (χ1v) is 5.27. The zero-order valence-corrected chi connectivity index (χ0v) is 8.96. The molecule has 1 aromatic rings. The Bertz CT molecular complexity index is 333. The third-order valence-electron chi connectivity index (χ3n) is 3.20. The number of likely N-dealkylation sites (N-methyl/N-ethyl adjacent to an activating group) is 1. The molecular formula is C12H18N2. The molecule has 0 aliphatic carbocycles. The number of hydrogen-bond acceptors (Lipinski definition) is 2. The molecule has 2 heteroatoms. The molecule has 2 rings (SSSR count). The van der Waals surface area contributed by atoms with Gasteiger partial charge in [0, 0.05) is 18.8 Å². The maximum absolute atomic E-state index is 5.61. The van der Waals surface area contributed by atoms with Crippen LogP contribution in [0.5, 0.6) is 0 Å². The number of hydrogen-bond donors (Lipinski definition) is 1. The summed E-state index contributed by atoms with van der Waals surface area (Å²) >= 11 is 0. The van der Waals surface area contributed by atoms with Gasteiger partial charge in [-0.25, -0.2) is 0 Å². The van der Waals surface area contributed by atoms with Crippen LogP contribution in [0.25, 0.3) is 0 Å². The molecule has 0 saturated heterocycles. The number of benzene rings is 1. The molecule has 0 bridgehead atoms. The van der Waals surface area contributed by atoms with Gasteiger partial charge in [-0.3, -0.25) is 0 Å². The van der Waals surface area contributed by atoms with Gasteiger partial charge < -0.3 is 10.6 Å². The van der Waals surface area contributed by atoms with Gasteiger partial charge in [0.05, 0.1) is 0 Å². The van der Waals surface area contributed by atoms with Gasteiger partial charge in [0.25, 0.3) is 0 Å². The summed E-state index contributed by atoms with van der Waals surface area (Å²) in [6.07, 6.45) is 2.17. The summed E-state index contributed by atoms with van der Waals surface area (Å²) in [5.41, 5.74) is 9.94. The molecule has 0 aromatic heterocycles. The van der Waals surface area contributed by atoms with E-state index in [2.05, 4.69) is 37.1 Å². The van der Waals surface area contributed by atoms with Crippen molar-refractivity contribution < 1.29 is 0 Å². The fourth-order valence-corrected chi connectivity index (χ4v) is 2.25. The van der Waals surface area contributed by atoms with Crippen LogP contribution in [0.15, 0.2) is 18.2 Å². The number of anilines is 1. The first kappa shape index (κ1) is 9.53. The fourth-order valence-electron chi connectivity index (χ4n) is 2.25. The normalized spacial score (nSPS) is 19.9. The van der Waals surface area contributed by atoms with Crippen LogP contribution in [-0.4, -0.2) is 19.6 Å². The van der Waals surface area contributed by atoms with Crippen LogP contribution in [0.1, 0.15) is 18.1 Å². The molecule has 0 radical (unpaired) electrons. The largest absolute Gasteiger partial charge is 0.371 e. The van der Waals surface area contributed by atoms with Gasteiger partial charge in [0.15, 0.2) is 0 Å². The first-order chi connectivity index (χ1) is 6.74. The van der Waals surface area contributed by atoms with Crippen molar-refractivity contribution in [3.63, 3.8) is 0 Å². The van der Waals surface area contributed by atoms with Crippen LogP contribution in [0.4, 0.5) is 5.69 Å². The van der Waals surface area contributed by atoms with Crippen LogP contribution in [0.2, 0.25) is 0 Å². The van der Waals surface area contributed by atoms with E-state index in [9.17, 15) is 0 Å². The van der Waals surface area contributed by atoms with Crippen molar-refractivity contribution in [2.24, 2.45) is 5.73 Å². The topological polar surface area (TPSA) is 29.3 Å². The van der Waals surface area contributed by atoms with Gasteiger partial charge >= 0.3 is 0 Å². The summed E-state index contributed by atoms with van der Waals surface area (Å²) in [5.74, 6) is 0. The van der Waals surface area contributed by atoms with E-state index in [1.165, 1.54) is 23.2 Å². The van der Waals surface area contributed by atoms with Crippen molar-refractivity contribution in [3.05, 3.63) is 29.3 Å². The zero-order valence-electron chi connectivity index (χ0n) is 8.96. The van der Waals surface area contributed by atoms with Gasteiger partial charge in [-0.05, 0) is 43.5 Å². The molecule has 1 heterocycles. The zero-order chi connectivity index (χ0) is 10.1. The lowest BCUT2D eigenvalue weighted by Gasteiger charge is -2.18. The number of nitrogens with zero attached hydrogens (tertiary/aromatic N) is 1. The van der Waals surface area contributed by atoms with Gasteiger partial charge in [0.2, 0.25) is 0 Å². The Morgan fingerprint density at radius 2 is 2.29 bits per heavy atom.